The molecule has 0 saturated carbocycles. The van der Waals surface area contributed by atoms with E-state index in [4.69, 9.17) is 41.1 Å². The molecule has 0 aliphatic carbocycles. The number of fused-ring (bicyclic) bond motifs is 5. The molecular formula is C41H45F6N5O14S2. The van der Waals surface area contributed by atoms with Crippen LogP contribution in [0.2, 0.25) is 0 Å². The number of benzene rings is 3. The second-order valence-electron chi connectivity index (χ2n) is 17.1. The molecule has 5 aliphatic rings. The van der Waals surface area contributed by atoms with Gasteiger partial charge in [0, 0.05) is 35.4 Å². The normalized spacial score (nSPS) is 23.4. The van der Waals surface area contributed by atoms with Gasteiger partial charge in [0.25, 0.3) is 11.6 Å². The third-order valence-electron chi connectivity index (χ3n) is 12.6. The van der Waals surface area contributed by atoms with Crippen LogP contribution in [0.5, 0.6) is 5.75 Å². The summed E-state index contributed by atoms with van der Waals surface area (Å²) in [5.41, 5.74) is -4.13. The number of amides is 2. The number of β-lactam (4-membered cyclic amide) rings is 1. The van der Waals surface area contributed by atoms with Gasteiger partial charge in [0.2, 0.25) is 5.91 Å². The van der Waals surface area contributed by atoms with E-state index in [1.807, 2.05) is 45.0 Å². The molecular weight excluding hydrogens is 965 g/mol. The molecule has 3 aromatic rings. The van der Waals surface area contributed by atoms with E-state index in [9.17, 15) is 55.6 Å². The van der Waals surface area contributed by atoms with Crippen molar-refractivity contribution in [1.82, 2.24) is 4.90 Å². The van der Waals surface area contributed by atoms with Crippen LogP contribution in [-0.4, -0.2) is 145 Å². The van der Waals surface area contributed by atoms with Gasteiger partial charge in [-0.05, 0) is 35.1 Å². The largest absolute Gasteiger partial charge is 0.741 e. The van der Waals surface area contributed by atoms with Gasteiger partial charge in [-0.3, -0.25) is 19.7 Å². The van der Waals surface area contributed by atoms with Crippen molar-refractivity contribution in [3.63, 3.8) is 0 Å². The van der Waals surface area contributed by atoms with Crippen molar-refractivity contribution in [2.24, 2.45) is 23.5 Å². The molecule has 3 aromatic carbocycles. The van der Waals surface area contributed by atoms with Gasteiger partial charge in [0.05, 0.1) is 29.0 Å². The SMILES string of the molecule is CC(C)[C@H]1C(=O)N2C(C(=O)OC(=O)c3ccc([N+](=O)[O-])cc3)=C(COc3cccc4c(CC[N+]56CC[N+](CC(N)=O)(CC5)CC6)cccc34)[C@H](C)[C@H]12.O=S(=O)([O-])C(F)(F)F.O=S(=O)([O-])C(F)(F)F. The van der Waals surface area contributed by atoms with Crippen LogP contribution < -0.4 is 10.5 Å². The third kappa shape index (κ3) is 11.6. The Morgan fingerprint density at radius 2 is 1.32 bits per heavy atom. The fourth-order valence-electron chi connectivity index (χ4n) is 8.97. The lowest BCUT2D eigenvalue weighted by Gasteiger charge is -2.55. The molecule has 0 unspecified atom stereocenters. The number of halogens is 6. The summed E-state index contributed by atoms with van der Waals surface area (Å²) < 4.78 is 131. The van der Waals surface area contributed by atoms with Gasteiger partial charge in [-0.1, -0.05) is 51.1 Å². The lowest BCUT2D eigenvalue weighted by molar-refractivity contribution is -1.08. The van der Waals surface area contributed by atoms with E-state index in [2.05, 4.69) is 12.1 Å². The highest BCUT2D eigenvalue weighted by Gasteiger charge is 2.59. The highest BCUT2D eigenvalue weighted by Crippen LogP contribution is 2.49. The summed E-state index contributed by atoms with van der Waals surface area (Å²) in [4.78, 5) is 63.6. The van der Waals surface area contributed by atoms with E-state index in [1.165, 1.54) is 22.6 Å². The number of nitro groups is 1. The molecule has 8 rings (SSSR count). The van der Waals surface area contributed by atoms with E-state index in [0.29, 0.717) is 17.9 Å². The number of hydrogen-bond donors (Lipinski definition) is 1. The summed E-state index contributed by atoms with van der Waals surface area (Å²) in [6.45, 7) is 13.4. The summed E-state index contributed by atoms with van der Waals surface area (Å²) in [5, 5.41) is 13.1. The van der Waals surface area contributed by atoms with Crippen LogP contribution in [-0.2, 0) is 45.8 Å². The summed E-state index contributed by atoms with van der Waals surface area (Å²) in [6.07, 6.45) is 0.896. The van der Waals surface area contributed by atoms with Crippen molar-refractivity contribution in [1.29, 1.82) is 0 Å². The maximum absolute atomic E-state index is 13.7. The number of non-ortho nitro benzene ring substituents is 1. The first kappa shape index (κ1) is 53.2. The molecule has 0 spiro atoms. The summed E-state index contributed by atoms with van der Waals surface area (Å²) >= 11 is 0. The van der Waals surface area contributed by atoms with Gasteiger partial charge < -0.3 is 38.2 Å². The number of ether oxygens (including phenoxy) is 2. The minimum atomic E-state index is -6.09. The number of quaternary nitrogens is 2. The molecule has 372 valence electrons. The van der Waals surface area contributed by atoms with E-state index in [-0.39, 0.29) is 59.2 Å². The Bertz CT molecular complexity index is 2670. The lowest BCUT2D eigenvalue weighted by atomic mass is 9.74. The Hall–Kier alpha value is -5.74. The molecule has 4 fully saturated rings. The number of rotatable bonds is 12. The predicted octanol–water partition coefficient (Wildman–Crippen LogP) is 3.69. The molecule has 3 atom stereocenters. The first-order valence-electron chi connectivity index (χ1n) is 20.6. The van der Waals surface area contributed by atoms with E-state index in [0.717, 1.165) is 84.1 Å². The Balaban J connectivity index is 0.000000463. The van der Waals surface area contributed by atoms with Gasteiger partial charge in [-0.25, -0.2) is 26.4 Å². The highest BCUT2D eigenvalue weighted by atomic mass is 32.2. The number of carbonyl (C=O) groups is 4. The number of nitro benzene ring substituents is 1. The number of piperazine rings is 3. The molecule has 4 saturated heterocycles. The minimum Gasteiger partial charge on any atom is -0.741 e. The Kier molecular flexibility index (Phi) is 15.4. The van der Waals surface area contributed by atoms with Crippen LogP contribution >= 0.6 is 0 Å². The molecule has 0 radical (unpaired) electrons. The van der Waals surface area contributed by atoms with E-state index >= 15 is 0 Å². The van der Waals surface area contributed by atoms with Gasteiger partial charge in [-0.15, -0.1) is 0 Å². The molecule has 0 aromatic heterocycles. The van der Waals surface area contributed by atoms with Crippen LogP contribution in [0.25, 0.3) is 10.8 Å². The number of nitrogens with two attached hydrogens (primary N) is 1. The van der Waals surface area contributed by atoms with Crippen LogP contribution in [0.1, 0.15) is 36.7 Å². The van der Waals surface area contributed by atoms with Crippen molar-refractivity contribution in [2.45, 2.75) is 44.3 Å². The lowest BCUT2D eigenvalue weighted by Crippen LogP contribution is -2.76. The van der Waals surface area contributed by atoms with E-state index in [1.54, 1.807) is 0 Å². The zero-order chi connectivity index (χ0) is 50.9. The molecule has 68 heavy (non-hydrogen) atoms. The quantitative estimate of drug-likeness (QED) is 0.0312. The number of carbonyl (C=O) groups excluding carboxylic acids is 4. The number of alkyl halides is 6. The van der Waals surface area contributed by atoms with Gasteiger partial charge in [0.15, 0.2) is 26.8 Å². The standard InChI is InChI=1S/C39H44N5O8.2CHF3O3S/c1-24(2)34-35-25(3)31(36(41(35)37(34)46)39(48)52-38(47)27-10-12-28(13-11-27)42(49)50)23-51-32-9-5-7-29-26(6-4-8-30(29)32)14-15-43-16-19-44(20-17-43,21-18-43)22-33(40)45;2*2-1(3,4)8(5,6)7/h4-13,24-25,34-35H,14-23H2,1-3H3,(H-,40,45);2*(H,5,6,7)/q+1;;/p-1/t25-,34+,35+,43?,44?;;/m0../s1. The monoisotopic (exact) mass is 1010 g/mol. The van der Waals surface area contributed by atoms with Crippen LogP contribution in [0.15, 0.2) is 71.9 Å². The molecule has 2 N–H and O–H groups in total. The molecule has 5 aliphatic heterocycles. The summed E-state index contributed by atoms with van der Waals surface area (Å²) in [5.74, 6) is -2.17. The van der Waals surface area contributed by atoms with Crippen LogP contribution in [0.3, 0.4) is 0 Å². The zero-order valence-electron chi connectivity index (χ0n) is 36.3. The van der Waals surface area contributed by atoms with Gasteiger partial charge >= 0.3 is 23.0 Å². The number of hydrogen-bond acceptors (Lipinski definition) is 14. The number of nitrogens with zero attached hydrogens (tertiary/aromatic N) is 4. The topological polar surface area (TPSA) is 274 Å². The van der Waals surface area contributed by atoms with Crippen LogP contribution in [0, 0.1) is 27.9 Å². The van der Waals surface area contributed by atoms with Crippen molar-refractivity contribution < 1.29 is 94.8 Å². The zero-order valence-corrected chi connectivity index (χ0v) is 38.0. The second-order valence-corrected chi connectivity index (χ2v) is 19.8. The van der Waals surface area contributed by atoms with Gasteiger partial charge in [-0.2, -0.15) is 26.3 Å². The smallest absolute Gasteiger partial charge is 0.485 e. The average molecular weight is 1010 g/mol. The fourth-order valence-corrected chi connectivity index (χ4v) is 8.97. The predicted molar refractivity (Wildman–Crippen MR) is 222 cm³/mol. The maximum atomic E-state index is 13.7. The van der Waals surface area contributed by atoms with Crippen molar-refractivity contribution in [3.05, 3.63) is 93.2 Å². The van der Waals surface area contributed by atoms with Crippen molar-refractivity contribution in [2.75, 3.05) is 59.0 Å². The number of primary amides is 1. The summed E-state index contributed by atoms with van der Waals surface area (Å²) in [7, 11) is -12.2. The first-order valence-corrected chi connectivity index (χ1v) is 23.4. The Labute approximate surface area is 384 Å². The number of esters is 2. The molecule has 19 nitrogen and oxygen atoms in total. The van der Waals surface area contributed by atoms with Gasteiger partial charge in [0.1, 0.15) is 57.3 Å². The molecule has 2 amide bonds. The molecule has 5 heterocycles. The fraction of sp³-hybridized carbons (Fsp3) is 0.463. The van der Waals surface area contributed by atoms with Crippen LogP contribution in [0.4, 0.5) is 32.0 Å². The maximum Gasteiger partial charge on any atom is 0.485 e. The first-order chi connectivity index (χ1) is 31.3. The van der Waals surface area contributed by atoms with Crippen molar-refractivity contribution >= 4 is 60.4 Å². The Morgan fingerprint density at radius 1 is 0.824 bits per heavy atom. The Morgan fingerprint density at radius 3 is 1.81 bits per heavy atom. The minimum absolute atomic E-state index is 0.0110. The summed E-state index contributed by atoms with van der Waals surface area (Å²) in [6, 6.07) is 16.7. The average Bonchev–Trinajstić information content (AvgIpc) is 3.48. The molecule has 2 bridgehead atoms. The van der Waals surface area contributed by atoms with Crippen molar-refractivity contribution in [3.8, 4) is 5.75 Å². The van der Waals surface area contributed by atoms with E-state index < -0.39 is 48.1 Å². The third-order valence-corrected chi connectivity index (χ3v) is 13.8. The highest BCUT2D eigenvalue weighted by molar-refractivity contribution is 7.86. The second kappa shape index (κ2) is 19.7. The molecule has 27 heteroatoms.